The Bertz CT molecular complexity index is 2070. The number of H-pyrrole nitrogens is 2. The summed E-state index contributed by atoms with van der Waals surface area (Å²) in [5.41, 5.74) is 5.54. The molecular formula is C40H48N8O6S. The van der Waals surface area contributed by atoms with Crippen LogP contribution >= 0.6 is 11.3 Å². The van der Waals surface area contributed by atoms with E-state index in [1.54, 1.807) is 11.3 Å². The molecule has 0 radical (unpaired) electrons. The lowest BCUT2D eigenvalue weighted by Crippen LogP contribution is -2.51. The number of nitrogens with zero attached hydrogens (tertiary/aromatic N) is 4. The zero-order chi connectivity index (χ0) is 39.0. The van der Waals surface area contributed by atoms with Crippen LogP contribution in [0.3, 0.4) is 0 Å². The quantitative estimate of drug-likeness (QED) is 0.118. The number of carbonyl (C=O) groups excluding carboxylic acids is 4. The Morgan fingerprint density at radius 2 is 1.11 bits per heavy atom. The number of carbonyl (C=O) groups is 4. The molecule has 290 valence electrons. The van der Waals surface area contributed by atoms with Gasteiger partial charge >= 0.3 is 12.2 Å². The lowest BCUT2D eigenvalue weighted by molar-refractivity contribution is -0.136. The first-order valence-corrected chi connectivity index (χ1v) is 19.7. The Morgan fingerprint density at radius 1 is 0.691 bits per heavy atom. The molecule has 2 aromatic carbocycles. The summed E-state index contributed by atoms with van der Waals surface area (Å²) in [6.45, 7) is 8.80. The third-order valence-corrected chi connectivity index (χ3v) is 11.8. The fourth-order valence-corrected chi connectivity index (χ4v) is 8.71. The second-order valence-corrected chi connectivity index (χ2v) is 16.1. The van der Waals surface area contributed by atoms with Crippen LogP contribution in [-0.4, -0.2) is 93.1 Å². The number of rotatable bonds is 10. The normalized spacial score (nSPS) is 18.3. The molecule has 3 aromatic heterocycles. The lowest BCUT2D eigenvalue weighted by Gasteiger charge is -2.29. The molecule has 15 heteroatoms. The summed E-state index contributed by atoms with van der Waals surface area (Å²) in [5.74, 6) is 0.978. The number of methoxy groups -OCH3 is 2. The maximum atomic E-state index is 13.6. The monoisotopic (exact) mass is 768 g/mol. The number of hydrogen-bond donors (Lipinski definition) is 4. The number of aromatic amines is 2. The minimum absolute atomic E-state index is 0.109. The number of fused-ring (bicyclic) bond motifs is 2. The maximum absolute atomic E-state index is 13.6. The maximum Gasteiger partial charge on any atom is 0.407 e. The van der Waals surface area contributed by atoms with Crippen molar-refractivity contribution in [3.05, 3.63) is 60.2 Å². The van der Waals surface area contributed by atoms with Gasteiger partial charge in [0.1, 0.15) is 23.7 Å². The van der Waals surface area contributed by atoms with E-state index in [1.165, 1.54) is 14.2 Å². The van der Waals surface area contributed by atoms with Crippen LogP contribution < -0.4 is 10.6 Å². The number of alkyl carbamates (subject to hydrolysis) is 2. The predicted octanol–water partition coefficient (Wildman–Crippen LogP) is 6.92. The Kier molecular flexibility index (Phi) is 10.8. The molecule has 7 rings (SSSR count). The van der Waals surface area contributed by atoms with Crippen molar-refractivity contribution in [1.29, 1.82) is 0 Å². The van der Waals surface area contributed by atoms with Gasteiger partial charge in [-0.3, -0.25) is 9.59 Å². The molecule has 4 atom stereocenters. The fraction of sp³-hybridized carbons (Fsp3) is 0.450. The number of amides is 4. The molecule has 4 amide bonds. The van der Waals surface area contributed by atoms with Crippen molar-refractivity contribution >= 4 is 57.4 Å². The highest BCUT2D eigenvalue weighted by Crippen LogP contribution is 2.39. The highest BCUT2D eigenvalue weighted by atomic mass is 32.1. The number of benzene rings is 2. The van der Waals surface area contributed by atoms with Gasteiger partial charge in [0.2, 0.25) is 11.8 Å². The lowest BCUT2D eigenvalue weighted by atomic mass is 10.0. The summed E-state index contributed by atoms with van der Waals surface area (Å²) in [4.78, 5) is 73.8. The second-order valence-electron chi connectivity index (χ2n) is 15.0. The molecule has 5 heterocycles. The Labute approximate surface area is 323 Å². The van der Waals surface area contributed by atoms with Crippen molar-refractivity contribution in [2.75, 3.05) is 27.3 Å². The van der Waals surface area contributed by atoms with Crippen molar-refractivity contribution in [2.24, 2.45) is 11.8 Å². The number of likely N-dealkylation sites (tertiary alicyclic amines) is 2. The standard InChI is InChI=1S/C40H48N8O6S/c1-21(2)33(45-39(51)53-5)37(49)47-17-7-9-29(47)35-41-25-13-11-23(19-27(25)43-35)31-15-16-32(55-31)24-12-14-26-28(20-24)44-36(42-26)30-10-8-18-48(30)38(50)34(22(3)4)46-40(52)54-6/h11-16,19-22,29-30,33-34H,7-10,17-18H2,1-6H3,(H,41,43)(H,42,44)(H,45,51)(H,46,52)/t29-,30?,33-,34-/m0/s1. The van der Waals surface area contributed by atoms with E-state index in [9.17, 15) is 19.2 Å². The smallest absolute Gasteiger partial charge is 0.407 e. The zero-order valence-electron chi connectivity index (χ0n) is 32.0. The van der Waals surface area contributed by atoms with Gasteiger partial charge in [0, 0.05) is 22.8 Å². The average molecular weight is 769 g/mol. The van der Waals surface area contributed by atoms with Gasteiger partial charge in [-0.1, -0.05) is 39.8 Å². The van der Waals surface area contributed by atoms with Gasteiger partial charge in [0.25, 0.3) is 0 Å². The molecule has 14 nitrogen and oxygen atoms in total. The molecule has 5 aromatic rings. The third-order valence-electron chi connectivity index (χ3n) is 10.7. The summed E-state index contributed by atoms with van der Waals surface area (Å²) in [6.07, 6.45) is 2.00. The van der Waals surface area contributed by atoms with Gasteiger partial charge in [0.15, 0.2) is 0 Å². The molecule has 4 N–H and O–H groups in total. The molecule has 0 spiro atoms. The first kappa shape index (κ1) is 37.9. The zero-order valence-corrected chi connectivity index (χ0v) is 32.8. The average Bonchev–Trinajstić information content (AvgIpc) is 4.02. The van der Waals surface area contributed by atoms with Crippen molar-refractivity contribution in [3.8, 4) is 20.9 Å². The summed E-state index contributed by atoms with van der Waals surface area (Å²) < 4.78 is 9.54. The summed E-state index contributed by atoms with van der Waals surface area (Å²) in [6, 6.07) is 14.8. The van der Waals surface area contributed by atoms with E-state index in [1.807, 2.05) is 49.6 Å². The Hall–Kier alpha value is -5.44. The molecule has 55 heavy (non-hydrogen) atoms. The highest BCUT2D eigenvalue weighted by molar-refractivity contribution is 7.18. The van der Waals surface area contributed by atoms with Gasteiger partial charge < -0.3 is 39.9 Å². The van der Waals surface area contributed by atoms with Crippen LogP contribution in [0.5, 0.6) is 0 Å². The van der Waals surface area contributed by atoms with Crippen molar-refractivity contribution in [1.82, 2.24) is 40.4 Å². The van der Waals surface area contributed by atoms with Crippen LogP contribution in [0.15, 0.2) is 48.5 Å². The summed E-state index contributed by atoms with van der Waals surface area (Å²) in [5, 5.41) is 5.41. The minimum Gasteiger partial charge on any atom is -0.453 e. The van der Waals surface area contributed by atoms with Crippen LogP contribution in [0.1, 0.15) is 77.1 Å². The Morgan fingerprint density at radius 3 is 1.49 bits per heavy atom. The molecule has 0 aliphatic carbocycles. The molecule has 2 aliphatic heterocycles. The molecule has 1 unspecified atom stereocenters. The molecular weight excluding hydrogens is 721 g/mol. The fourth-order valence-electron chi connectivity index (χ4n) is 7.71. The van der Waals surface area contributed by atoms with Crippen molar-refractivity contribution in [2.45, 2.75) is 77.5 Å². The minimum atomic E-state index is -0.692. The SMILES string of the molecule is COC(=O)N[C@H](C(=O)N1CCCC1c1nc2ccc(-c3ccc(-c4ccc5nc([C@@H]6CCCN6C(=O)[C@@H](NC(=O)OC)C(C)C)[nH]c5c4)s3)cc2[nH]1)C(C)C. The molecule has 0 saturated carbocycles. The number of thiophene rings is 1. The summed E-state index contributed by atoms with van der Waals surface area (Å²) >= 11 is 1.69. The number of ether oxygens (including phenoxy) is 2. The first-order valence-electron chi connectivity index (χ1n) is 18.9. The van der Waals surface area contributed by atoms with Crippen LogP contribution in [-0.2, 0) is 19.1 Å². The second kappa shape index (κ2) is 15.7. The van der Waals surface area contributed by atoms with E-state index in [0.29, 0.717) is 13.1 Å². The van der Waals surface area contributed by atoms with Crippen LogP contribution in [0, 0.1) is 11.8 Å². The molecule has 2 fully saturated rings. The third kappa shape index (κ3) is 7.62. The van der Waals surface area contributed by atoms with E-state index < -0.39 is 24.3 Å². The van der Waals surface area contributed by atoms with Gasteiger partial charge in [-0.25, -0.2) is 19.6 Å². The number of nitrogens with one attached hydrogen (secondary N) is 4. The van der Waals surface area contributed by atoms with E-state index in [4.69, 9.17) is 19.4 Å². The summed E-state index contributed by atoms with van der Waals surface area (Å²) in [7, 11) is 2.58. The number of imidazole rings is 2. The largest absolute Gasteiger partial charge is 0.453 e. The van der Waals surface area contributed by atoms with Gasteiger partial charge in [-0.2, -0.15) is 0 Å². The van der Waals surface area contributed by atoms with Crippen LogP contribution in [0.4, 0.5) is 9.59 Å². The topological polar surface area (TPSA) is 175 Å². The molecule has 0 bridgehead atoms. The van der Waals surface area contributed by atoms with E-state index >= 15 is 0 Å². The van der Waals surface area contributed by atoms with E-state index in [-0.39, 0.29) is 35.7 Å². The van der Waals surface area contributed by atoms with Crippen LogP contribution in [0.25, 0.3) is 42.9 Å². The van der Waals surface area contributed by atoms with Crippen molar-refractivity contribution in [3.63, 3.8) is 0 Å². The van der Waals surface area contributed by atoms with Crippen molar-refractivity contribution < 1.29 is 28.7 Å². The van der Waals surface area contributed by atoms with Gasteiger partial charge in [-0.15, -0.1) is 11.3 Å². The first-order chi connectivity index (χ1) is 26.4. The molecule has 2 saturated heterocycles. The highest BCUT2D eigenvalue weighted by Gasteiger charge is 2.39. The van der Waals surface area contributed by atoms with Gasteiger partial charge in [-0.05, 0) is 85.0 Å². The Balaban J connectivity index is 1.08. The predicted molar refractivity (Wildman–Crippen MR) is 210 cm³/mol. The molecule has 2 aliphatic rings. The van der Waals surface area contributed by atoms with E-state index in [0.717, 1.165) is 80.3 Å². The van der Waals surface area contributed by atoms with E-state index in [2.05, 4.69) is 57.0 Å². The number of hydrogen-bond acceptors (Lipinski definition) is 9. The van der Waals surface area contributed by atoms with Crippen LogP contribution in [0.2, 0.25) is 0 Å². The van der Waals surface area contributed by atoms with Gasteiger partial charge in [0.05, 0.1) is 48.4 Å². The number of aromatic nitrogens is 4.